The summed E-state index contributed by atoms with van der Waals surface area (Å²) in [6.07, 6.45) is 5.48. The molecule has 1 fully saturated rings. The van der Waals surface area contributed by atoms with E-state index in [4.69, 9.17) is 4.74 Å². The second-order valence-corrected chi connectivity index (χ2v) is 4.35. The Labute approximate surface area is 96.7 Å². The number of nitrogens with one attached hydrogen (secondary N) is 1. The molecule has 16 heavy (non-hydrogen) atoms. The number of hydrogen-bond donors (Lipinski definition) is 1. The van der Waals surface area contributed by atoms with Gasteiger partial charge in [-0.15, -0.1) is 0 Å². The van der Waals surface area contributed by atoms with Gasteiger partial charge in [0, 0.05) is 25.8 Å². The Balaban J connectivity index is 2.37. The fraction of sp³-hybridized carbons (Fsp3) is 0.833. The molecule has 1 amide bonds. The van der Waals surface area contributed by atoms with Crippen LogP contribution in [-0.4, -0.2) is 24.5 Å². The van der Waals surface area contributed by atoms with E-state index in [-0.39, 0.29) is 18.0 Å². The monoisotopic (exact) mass is 227 g/mol. The quantitative estimate of drug-likeness (QED) is 0.642. The first-order valence-corrected chi connectivity index (χ1v) is 6.14. The summed E-state index contributed by atoms with van der Waals surface area (Å²) in [6.45, 7) is 2.46. The molecule has 1 unspecified atom stereocenters. The molecular weight excluding hydrogens is 206 g/mol. The molecule has 4 nitrogen and oxygen atoms in total. The predicted molar refractivity (Wildman–Crippen MR) is 60.9 cm³/mol. The molecule has 0 saturated carbocycles. The minimum atomic E-state index is -0.113. The van der Waals surface area contributed by atoms with E-state index in [1.54, 1.807) is 0 Å². The van der Waals surface area contributed by atoms with Crippen LogP contribution < -0.4 is 5.32 Å². The Kier molecular flexibility index (Phi) is 5.90. The number of esters is 1. The molecule has 1 saturated heterocycles. The number of cyclic esters (lactones) is 1. The van der Waals surface area contributed by atoms with Crippen LogP contribution in [0.3, 0.4) is 0 Å². The summed E-state index contributed by atoms with van der Waals surface area (Å²) in [5.41, 5.74) is 0. The van der Waals surface area contributed by atoms with Crippen molar-refractivity contribution >= 4 is 11.9 Å². The third-order valence-corrected chi connectivity index (χ3v) is 2.74. The molecule has 1 N–H and O–H groups in total. The molecule has 1 atom stereocenters. The maximum Gasteiger partial charge on any atom is 0.306 e. The van der Waals surface area contributed by atoms with Crippen molar-refractivity contribution in [3.05, 3.63) is 0 Å². The van der Waals surface area contributed by atoms with E-state index in [9.17, 15) is 9.59 Å². The van der Waals surface area contributed by atoms with Crippen molar-refractivity contribution in [2.45, 2.75) is 58.0 Å². The summed E-state index contributed by atoms with van der Waals surface area (Å²) >= 11 is 0. The van der Waals surface area contributed by atoms with E-state index in [0.29, 0.717) is 25.8 Å². The van der Waals surface area contributed by atoms with Crippen LogP contribution in [0.1, 0.15) is 51.9 Å². The van der Waals surface area contributed by atoms with Crippen molar-refractivity contribution < 1.29 is 14.3 Å². The largest absolute Gasteiger partial charge is 0.463 e. The molecule has 1 heterocycles. The number of amides is 1. The van der Waals surface area contributed by atoms with Gasteiger partial charge in [-0.1, -0.05) is 12.8 Å². The van der Waals surface area contributed by atoms with E-state index in [1.165, 1.54) is 0 Å². The van der Waals surface area contributed by atoms with E-state index in [1.807, 2.05) is 6.92 Å². The second-order valence-electron chi connectivity index (χ2n) is 4.35. The standard InChI is InChI=1S/C12H21NO3/c1-10-8-9-13-11(14)6-4-2-3-5-7-12(15)16-10/h10H,2-9H2,1H3,(H,13,14). The lowest BCUT2D eigenvalue weighted by atomic mass is 10.1. The van der Waals surface area contributed by atoms with Gasteiger partial charge in [0.25, 0.3) is 0 Å². The number of carbonyl (C=O) groups is 2. The molecule has 0 aromatic carbocycles. The molecule has 0 aromatic rings. The van der Waals surface area contributed by atoms with E-state index in [0.717, 1.165) is 25.7 Å². The van der Waals surface area contributed by atoms with Gasteiger partial charge in [0.1, 0.15) is 6.10 Å². The van der Waals surface area contributed by atoms with Gasteiger partial charge in [-0.2, -0.15) is 0 Å². The zero-order valence-electron chi connectivity index (χ0n) is 9.96. The molecule has 0 spiro atoms. The lowest BCUT2D eigenvalue weighted by molar-refractivity contribution is -0.148. The molecule has 1 aliphatic heterocycles. The van der Waals surface area contributed by atoms with E-state index >= 15 is 0 Å². The summed E-state index contributed by atoms with van der Waals surface area (Å²) < 4.78 is 5.21. The fourth-order valence-electron chi connectivity index (χ4n) is 1.75. The maximum atomic E-state index is 11.4. The third kappa shape index (κ3) is 5.73. The molecule has 0 bridgehead atoms. The fourth-order valence-corrected chi connectivity index (χ4v) is 1.75. The van der Waals surface area contributed by atoms with Crippen molar-refractivity contribution in [2.24, 2.45) is 0 Å². The van der Waals surface area contributed by atoms with Crippen LogP contribution in [0.4, 0.5) is 0 Å². The van der Waals surface area contributed by atoms with Gasteiger partial charge in [-0.3, -0.25) is 9.59 Å². The van der Waals surface area contributed by atoms with Gasteiger partial charge in [-0.05, 0) is 19.8 Å². The van der Waals surface area contributed by atoms with Crippen molar-refractivity contribution in [2.75, 3.05) is 6.54 Å². The topological polar surface area (TPSA) is 55.4 Å². The lowest BCUT2D eigenvalue weighted by Gasteiger charge is -2.13. The zero-order chi connectivity index (χ0) is 11.8. The van der Waals surface area contributed by atoms with Crippen molar-refractivity contribution in [3.8, 4) is 0 Å². The molecule has 92 valence electrons. The molecule has 1 aliphatic rings. The van der Waals surface area contributed by atoms with Gasteiger partial charge in [0.2, 0.25) is 5.91 Å². The Bertz CT molecular complexity index is 240. The van der Waals surface area contributed by atoms with Crippen LogP contribution in [-0.2, 0) is 14.3 Å². The third-order valence-electron chi connectivity index (χ3n) is 2.74. The Morgan fingerprint density at radius 3 is 2.56 bits per heavy atom. The summed E-state index contributed by atoms with van der Waals surface area (Å²) in [4.78, 5) is 22.7. The summed E-state index contributed by atoms with van der Waals surface area (Å²) in [6, 6.07) is 0. The minimum absolute atomic E-state index is 0.103. The number of rotatable bonds is 0. The Morgan fingerprint density at radius 1 is 1.12 bits per heavy atom. The highest BCUT2D eigenvalue weighted by molar-refractivity contribution is 5.75. The summed E-state index contributed by atoms with van der Waals surface area (Å²) in [5.74, 6) is -0.00385. The normalized spacial score (nSPS) is 25.7. The zero-order valence-corrected chi connectivity index (χ0v) is 9.96. The number of carbonyl (C=O) groups excluding carboxylic acids is 2. The van der Waals surface area contributed by atoms with Crippen molar-refractivity contribution in [3.63, 3.8) is 0 Å². The van der Waals surface area contributed by atoms with Crippen LogP contribution in [0.2, 0.25) is 0 Å². The Morgan fingerprint density at radius 2 is 1.81 bits per heavy atom. The SMILES string of the molecule is CC1CCNC(=O)CCCCCCC(=O)O1. The summed E-state index contributed by atoms with van der Waals surface area (Å²) in [5, 5.41) is 2.84. The van der Waals surface area contributed by atoms with Crippen LogP contribution >= 0.6 is 0 Å². The number of ether oxygens (including phenoxy) is 1. The highest BCUT2D eigenvalue weighted by atomic mass is 16.5. The van der Waals surface area contributed by atoms with Gasteiger partial charge in [-0.25, -0.2) is 0 Å². The van der Waals surface area contributed by atoms with Gasteiger partial charge < -0.3 is 10.1 Å². The lowest BCUT2D eigenvalue weighted by Crippen LogP contribution is -2.27. The average Bonchev–Trinajstić information content (AvgIpc) is 2.23. The first-order valence-electron chi connectivity index (χ1n) is 6.14. The van der Waals surface area contributed by atoms with Crippen molar-refractivity contribution in [1.29, 1.82) is 0 Å². The molecule has 4 heteroatoms. The van der Waals surface area contributed by atoms with Gasteiger partial charge in [0.05, 0.1) is 0 Å². The molecule has 1 rings (SSSR count). The molecule has 0 aromatic heterocycles. The van der Waals surface area contributed by atoms with Crippen molar-refractivity contribution in [1.82, 2.24) is 5.32 Å². The van der Waals surface area contributed by atoms with Crippen LogP contribution in [0.15, 0.2) is 0 Å². The van der Waals surface area contributed by atoms with Crippen LogP contribution in [0, 0.1) is 0 Å². The Hall–Kier alpha value is -1.06. The first-order chi connectivity index (χ1) is 7.68. The number of hydrogen-bond acceptors (Lipinski definition) is 3. The molecule has 0 radical (unpaired) electrons. The first kappa shape index (κ1) is 13.0. The predicted octanol–water partition coefficient (Wildman–Crippen LogP) is 1.78. The van der Waals surface area contributed by atoms with Crippen LogP contribution in [0.25, 0.3) is 0 Å². The highest BCUT2D eigenvalue weighted by Crippen LogP contribution is 2.08. The second kappa shape index (κ2) is 7.25. The minimum Gasteiger partial charge on any atom is -0.463 e. The van der Waals surface area contributed by atoms with Crippen LogP contribution in [0.5, 0.6) is 0 Å². The average molecular weight is 227 g/mol. The van der Waals surface area contributed by atoms with E-state index < -0.39 is 0 Å². The smallest absolute Gasteiger partial charge is 0.306 e. The van der Waals surface area contributed by atoms with E-state index in [2.05, 4.69) is 5.32 Å². The summed E-state index contributed by atoms with van der Waals surface area (Å²) in [7, 11) is 0. The maximum absolute atomic E-state index is 11.4. The molecular formula is C12H21NO3. The van der Waals surface area contributed by atoms with Gasteiger partial charge >= 0.3 is 5.97 Å². The highest BCUT2D eigenvalue weighted by Gasteiger charge is 2.10. The van der Waals surface area contributed by atoms with Gasteiger partial charge in [0.15, 0.2) is 0 Å². The molecule has 0 aliphatic carbocycles.